The summed E-state index contributed by atoms with van der Waals surface area (Å²) in [5.41, 5.74) is 1.58. The Balaban J connectivity index is 2.50. The molecule has 0 saturated heterocycles. The van der Waals surface area contributed by atoms with Crippen molar-refractivity contribution in [2.75, 3.05) is 0 Å². The standard InChI is InChI=1S/C11H12O2/c1-11(6-7-11)9-5-3-2-4-8(9)10(12)13/h2-5H,6-7H2,1H3,(H,12,13). The van der Waals surface area contributed by atoms with Gasteiger partial charge in [-0.1, -0.05) is 25.1 Å². The number of carboxylic acid groups (broad SMARTS) is 1. The molecule has 0 aliphatic heterocycles. The van der Waals surface area contributed by atoms with Crippen molar-refractivity contribution in [1.29, 1.82) is 0 Å². The van der Waals surface area contributed by atoms with Crippen LogP contribution in [-0.2, 0) is 5.41 Å². The van der Waals surface area contributed by atoms with Crippen LogP contribution in [0.5, 0.6) is 0 Å². The topological polar surface area (TPSA) is 37.3 Å². The molecule has 0 radical (unpaired) electrons. The van der Waals surface area contributed by atoms with E-state index >= 15 is 0 Å². The summed E-state index contributed by atoms with van der Waals surface area (Å²) in [7, 11) is 0. The highest BCUT2D eigenvalue weighted by atomic mass is 16.4. The van der Waals surface area contributed by atoms with Crippen LogP contribution < -0.4 is 0 Å². The Hall–Kier alpha value is -1.31. The summed E-state index contributed by atoms with van der Waals surface area (Å²) >= 11 is 0. The minimum Gasteiger partial charge on any atom is -0.478 e. The fourth-order valence-electron chi connectivity index (χ4n) is 1.65. The van der Waals surface area contributed by atoms with Crippen LogP contribution >= 0.6 is 0 Å². The average Bonchev–Trinajstić information content (AvgIpc) is 2.85. The molecule has 0 bridgehead atoms. The summed E-state index contributed by atoms with van der Waals surface area (Å²) in [4.78, 5) is 10.9. The predicted octanol–water partition coefficient (Wildman–Crippen LogP) is 2.44. The van der Waals surface area contributed by atoms with Gasteiger partial charge in [-0.25, -0.2) is 4.79 Å². The molecule has 0 spiro atoms. The lowest BCUT2D eigenvalue weighted by Gasteiger charge is -2.11. The van der Waals surface area contributed by atoms with E-state index in [-0.39, 0.29) is 5.41 Å². The molecule has 1 aliphatic carbocycles. The minimum atomic E-state index is -0.816. The molecular formula is C11H12O2. The largest absolute Gasteiger partial charge is 0.478 e. The molecule has 0 amide bonds. The van der Waals surface area contributed by atoms with Crippen LogP contribution in [-0.4, -0.2) is 11.1 Å². The van der Waals surface area contributed by atoms with E-state index in [1.807, 2.05) is 12.1 Å². The Kier molecular flexibility index (Phi) is 1.65. The Morgan fingerprint density at radius 1 is 1.38 bits per heavy atom. The van der Waals surface area contributed by atoms with Gasteiger partial charge in [0.1, 0.15) is 0 Å². The zero-order valence-electron chi connectivity index (χ0n) is 7.58. The summed E-state index contributed by atoms with van der Waals surface area (Å²) in [6.07, 6.45) is 2.22. The first-order valence-corrected chi connectivity index (χ1v) is 4.46. The molecule has 1 saturated carbocycles. The smallest absolute Gasteiger partial charge is 0.335 e. The Labute approximate surface area is 77.2 Å². The zero-order chi connectivity index (χ0) is 9.47. The van der Waals surface area contributed by atoms with Crippen molar-refractivity contribution in [2.24, 2.45) is 0 Å². The lowest BCUT2D eigenvalue weighted by Crippen LogP contribution is -2.09. The maximum absolute atomic E-state index is 10.9. The van der Waals surface area contributed by atoms with Crippen LogP contribution in [0.15, 0.2) is 24.3 Å². The third-order valence-corrected chi connectivity index (χ3v) is 2.81. The van der Waals surface area contributed by atoms with Crippen molar-refractivity contribution in [1.82, 2.24) is 0 Å². The van der Waals surface area contributed by atoms with Gasteiger partial charge < -0.3 is 5.11 Å². The van der Waals surface area contributed by atoms with E-state index in [1.165, 1.54) is 0 Å². The quantitative estimate of drug-likeness (QED) is 0.751. The van der Waals surface area contributed by atoms with Crippen molar-refractivity contribution >= 4 is 5.97 Å². The van der Waals surface area contributed by atoms with E-state index in [0.717, 1.165) is 18.4 Å². The summed E-state index contributed by atoms with van der Waals surface area (Å²) in [5, 5.41) is 8.96. The monoisotopic (exact) mass is 176 g/mol. The Morgan fingerprint density at radius 3 is 2.54 bits per heavy atom. The van der Waals surface area contributed by atoms with E-state index in [1.54, 1.807) is 12.1 Å². The molecule has 0 atom stereocenters. The second-order valence-electron chi connectivity index (χ2n) is 3.91. The molecule has 1 N–H and O–H groups in total. The zero-order valence-corrected chi connectivity index (χ0v) is 7.58. The number of carboxylic acids is 1. The lowest BCUT2D eigenvalue weighted by molar-refractivity contribution is 0.0695. The lowest BCUT2D eigenvalue weighted by atomic mass is 9.93. The number of hydrogen-bond donors (Lipinski definition) is 1. The summed E-state index contributed by atoms with van der Waals surface area (Å²) < 4.78 is 0. The van der Waals surface area contributed by atoms with Crippen molar-refractivity contribution in [2.45, 2.75) is 25.2 Å². The van der Waals surface area contributed by atoms with Gasteiger partial charge in [0, 0.05) is 0 Å². The molecule has 13 heavy (non-hydrogen) atoms. The van der Waals surface area contributed by atoms with Gasteiger partial charge in [-0.15, -0.1) is 0 Å². The van der Waals surface area contributed by atoms with Crippen molar-refractivity contribution in [3.8, 4) is 0 Å². The molecule has 0 aromatic heterocycles. The number of aromatic carboxylic acids is 1. The van der Waals surface area contributed by atoms with Crippen LogP contribution in [0.1, 0.15) is 35.7 Å². The van der Waals surface area contributed by atoms with Crippen LogP contribution in [0, 0.1) is 0 Å². The normalized spacial score (nSPS) is 18.2. The van der Waals surface area contributed by atoms with Gasteiger partial charge in [0.05, 0.1) is 5.56 Å². The fraction of sp³-hybridized carbons (Fsp3) is 0.364. The Bertz CT molecular complexity index is 351. The maximum atomic E-state index is 10.9. The van der Waals surface area contributed by atoms with Gasteiger partial charge in [-0.3, -0.25) is 0 Å². The summed E-state index contributed by atoms with van der Waals surface area (Å²) in [5.74, 6) is -0.816. The van der Waals surface area contributed by atoms with Gasteiger partial charge in [-0.2, -0.15) is 0 Å². The minimum absolute atomic E-state index is 0.134. The van der Waals surface area contributed by atoms with Crippen LogP contribution in [0.2, 0.25) is 0 Å². The van der Waals surface area contributed by atoms with Crippen molar-refractivity contribution in [3.63, 3.8) is 0 Å². The van der Waals surface area contributed by atoms with Gasteiger partial charge in [0.25, 0.3) is 0 Å². The first-order chi connectivity index (χ1) is 6.13. The second-order valence-corrected chi connectivity index (χ2v) is 3.91. The molecule has 0 unspecified atom stereocenters. The molecule has 1 aliphatic rings. The SMILES string of the molecule is CC1(c2ccccc2C(=O)O)CC1. The molecule has 68 valence electrons. The summed E-state index contributed by atoms with van der Waals surface area (Å²) in [6.45, 7) is 2.12. The van der Waals surface area contributed by atoms with Crippen molar-refractivity contribution in [3.05, 3.63) is 35.4 Å². The number of carbonyl (C=O) groups is 1. The maximum Gasteiger partial charge on any atom is 0.335 e. The first-order valence-electron chi connectivity index (χ1n) is 4.46. The molecule has 1 fully saturated rings. The second kappa shape index (κ2) is 2.59. The highest BCUT2D eigenvalue weighted by Gasteiger charge is 2.41. The molecular weight excluding hydrogens is 164 g/mol. The fourth-order valence-corrected chi connectivity index (χ4v) is 1.65. The van der Waals surface area contributed by atoms with E-state index in [9.17, 15) is 4.79 Å². The van der Waals surface area contributed by atoms with Crippen molar-refractivity contribution < 1.29 is 9.90 Å². The van der Waals surface area contributed by atoms with Crippen LogP contribution in [0.3, 0.4) is 0 Å². The predicted molar refractivity (Wildman–Crippen MR) is 50.0 cm³/mol. The average molecular weight is 176 g/mol. The van der Waals surface area contributed by atoms with E-state index in [2.05, 4.69) is 6.92 Å². The third kappa shape index (κ3) is 1.32. The number of hydrogen-bond acceptors (Lipinski definition) is 1. The number of rotatable bonds is 2. The highest BCUT2D eigenvalue weighted by Crippen LogP contribution is 2.48. The third-order valence-electron chi connectivity index (χ3n) is 2.81. The van der Waals surface area contributed by atoms with E-state index in [4.69, 9.17) is 5.11 Å². The van der Waals surface area contributed by atoms with Gasteiger partial charge in [-0.05, 0) is 29.9 Å². The molecule has 0 heterocycles. The first kappa shape index (κ1) is 8.30. The summed E-state index contributed by atoms with van der Waals surface area (Å²) in [6, 6.07) is 7.29. The number of benzene rings is 1. The van der Waals surface area contributed by atoms with E-state index < -0.39 is 5.97 Å². The molecule has 2 heteroatoms. The Morgan fingerprint density at radius 2 is 2.00 bits per heavy atom. The molecule has 2 nitrogen and oxygen atoms in total. The van der Waals surface area contributed by atoms with Gasteiger partial charge in [0.2, 0.25) is 0 Å². The van der Waals surface area contributed by atoms with Crippen LogP contribution in [0.25, 0.3) is 0 Å². The molecule has 1 aromatic rings. The van der Waals surface area contributed by atoms with Gasteiger partial charge in [0.15, 0.2) is 0 Å². The van der Waals surface area contributed by atoms with Gasteiger partial charge >= 0.3 is 5.97 Å². The van der Waals surface area contributed by atoms with Crippen LogP contribution in [0.4, 0.5) is 0 Å². The molecule has 2 rings (SSSR count). The van der Waals surface area contributed by atoms with E-state index in [0.29, 0.717) is 5.56 Å². The highest BCUT2D eigenvalue weighted by molar-refractivity contribution is 5.90. The molecule has 1 aromatic carbocycles.